The molecule has 0 saturated carbocycles. The van der Waals surface area contributed by atoms with Gasteiger partial charge in [0.25, 0.3) is 0 Å². The zero-order chi connectivity index (χ0) is 11.4. The molecule has 0 aliphatic heterocycles. The number of ether oxygens (including phenoxy) is 1. The van der Waals surface area contributed by atoms with Gasteiger partial charge in [-0.2, -0.15) is 0 Å². The van der Waals surface area contributed by atoms with Crippen LogP contribution in [0.3, 0.4) is 0 Å². The average molecular weight is 276 g/mol. The predicted octanol–water partition coefficient (Wildman–Crippen LogP) is 1.55. The van der Waals surface area contributed by atoms with E-state index in [1.54, 1.807) is 12.1 Å². The van der Waals surface area contributed by atoms with E-state index in [0.29, 0.717) is 12.2 Å². The summed E-state index contributed by atoms with van der Waals surface area (Å²) in [7, 11) is 1.48. The molecule has 1 aromatic rings. The van der Waals surface area contributed by atoms with Crippen LogP contribution in [0.25, 0.3) is 0 Å². The molecule has 5 heteroatoms. The van der Waals surface area contributed by atoms with Crippen LogP contribution in [-0.4, -0.2) is 23.9 Å². The van der Waals surface area contributed by atoms with Crippen molar-refractivity contribution in [3.63, 3.8) is 0 Å². The normalized spacial score (nSPS) is 12.5. The summed E-state index contributed by atoms with van der Waals surface area (Å²) in [6, 6.07) is 2.90. The molecule has 0 radical (unpaired) electrons. The fourth-order valence-electron chi connectivity index (χ4n) is 1.30. The molecule has 4 nitrogen and oxygen atoms in total. The van der Waals surface area contributed by atoms with Gasteiger partial charge < -0.3 is 20.7 Å². The van der Waals surface area contributed by atoms with Crippen molar-refractivity contribution in [2.24, 2.45) is 5.73 Å². The minimum absolute atomic E-state index is 0.0143. The highest BCUT2D eigenvalue weighted by Gasteiger charge is 2.13. The number of rotatable bonds is 4. The fraction of sp³-hybridized carbons (Fsp3) is 0.400. The third kappa shape index (κ3) is 2.84. The number of halogens is 1. The van der Waals surface area contributed by atoms with Gasteiger partial charge in [-0.15, -0.1) is 0 Å². The van der Waals surface area contributed by atoms with E-state index in [2.05, 4.69) is 15.9 Å². The third-order valence-corrected chi connectivity index (χ3v) is 2.82. The van der Waals surface area contributed by atoms with Gasteiger partial charge in [-0.3, -0.25) is 0 Å². The third-order valence-electron chi connectivity index (χ3n) is 2.14. The van der Waals surface area contributed by atoms with E-state index in [4.69, 9.17) is 15.6 Å². The first-order chi connectivity index (χ1) is 7.10. The maximum Gasteiger partial charge on any atom is 0.161 e. The standard InChI is InChI=1S/C10H14BrNO3/c1-15-10-5-7(11)6(4-9(10)14)8(12)2-3-13/h4-5,8,13-14H,2-3,12H2,1H3. The largest absolute Gasteiger partial charge is 0.504 e. The molecule has 0 heterocycles. The lowest BCUT2D eigenvalue weighted by molar-refractivity contribution is 0.276. The molecule has 0 bridgehead atoms. The topological polar surface area (TPSA) is 75.7 Å². The van der Waals surface area contributed by atoms with E-state index in [-0.39, 0.29) is 18.4 Å². The highest BCUT2D eigenvalue weighted by molar-refractivity contribution is 9.10. The highest BCUT2D eigenvalue weighted by atomic mass is 79.9. The molecule has 0 aliphatic rings. The number of aliphatic hydroxyl groups excluding tert-OH is 1. The highest BCUT2D eigenvalue weighted by Crippen LogP contribution is 2.35. The fourth-order valence-corrected chi connectivity index (χ4v) is 1.92. The van der Waals surface area contributed by atoms with Crippen LogP contribution >= 0.6 is 15.9 Å². The first kappa shape index (κ1) is 12.3. The van der Waals surface area contributed by atoms with Gasteiger partial charge in [0, 0.05) is 17.1 Å². The average Bonchev–Trinajstić information content (AvgIpc) is 2.21. The molecule has 0 spiro atoms. The summed E-state index contributed by atoms with van der Waals surface area (Å²) < 4.78 is 5.71. The Morgan fingerprint density at radius 3 is 2.73 bits per heavy atom. The molecule has 0 saturated heterocycles. The minimum atomic E-state index is -0.304. The number of phenolic OH excluding ortho intramolecular Hbond substituents is 1. The molecule has 0 aliphatic carbocycles. The van der Waals surface area contributed by atoms with Gasteiger partial charge in [-0.05, 0) is 24.1 Å². The first-order valence-electron chi connectivity index (χ1n) is 4.53. The van der Waals surface area contributed by atoms with Gasteiger partial charge in [-0.25, -0.2) is 0 Å². The van der Waals surface area contributed by atoms with Crippen LogP contribution in [0.5, 0.6) is 11.5 Å². The quantitative estimate of drug-likeness (QED) is 0.779. The summed E-state index contributed by atoms with van der Waals surface area (Å²) in [5.74, 6) is 0.436. The molecule has 4 N–H and O–H groups in total. The van der Waals surface area contributed by atoms with Gasteiger partial charge in [0.05, 0.1) is 7.11 Å². The van der Waals surface area contributed by atoms with Crippen molar-refractivity contribution < 1.29 is 14.9 Å². The summed E-state index contributed by atoms with van der Waals surface area (Å²) >= 11 is 3.34. The van der Waals surface area contributed by atoms with Crippen molar-refractivity contribution in [2.45, 2.75) is 12.5 Å². The van der Waals surface area contributed by atoms with Gasteiger partial charge in [0.15, 0.2) is 11.5 Å². The zero-order valence-electron chi connectivity index (χ0n) is 8.40. The molecular weight excluding hydrogens is 262 g/mol. The lowest BCUT2D eigenvalue weighted by atomic mass is 10.0. The number of hydrogen-bond acceptors (Lipinski definition) is 4. The summed E-state index contributed by atoms with van der Waals surface area (Å²) in [4.78, 5) is 0. The summed E-state index contributed by atoms with van der Waals surface area (Å²) in [6.45, 7) is 0.0143. The number of phenols is 1. The van der Waals surface area contributed by atoms with E-state index >= 15 is 0 Å². The maximum absolute atomic E-state index is 9.57. The molecule has 84 valence electrons. The Morgan fingerprint density at radius 2 is 2.20 bits per heavy atom. The van der Waals surface area contributed by atoms with Gasteiger partial charge >= 0.3 is 0 Å². The Labute approximate surface area is 96.8 Å². The second-order valence-electron chi connectivity index (χ2n) is 3.16. The van der Waals surface area contributed by atoms with Crippen molar-refractivity contribution in [3.05, 3.63) is 22.2 Å². The molecule has 15 heavy (non-hydrogen) atoms. The van der Waals surface area contributed by atoms with Gasteiger partial charge in [0.1, 0.15) is 0 Å². The maximum atomic E-state index is 9.57. The van der Waals surface area contributed by atoms with E-state index in [0.717, 1.165) is 10.0 Å². The summed E-state index contributed by atoms with van der Waals surface area (Å²) in [5.41, 5.74) is 6.58. The van der Waals surface area contributed by atoms with Crippen molar-refractivity contribution in [1.29, 1.82) is 0 Å². The zero-order valence-corrected chi connectivity index (χ0v) is 9.99. The monoisotopic (exact) mass is 275 g/mol. The van der Waals surface area contributed by atoms with Crippen LogP contribution in [0.4, 0.5) is 0 Å². The van der Waals surface area contributed by atoms with Crippen molar-refractivity contribution in [3.8, 4) is 11.5 Å². The second kappa shape index (κ2) is 5.34. The second-order valence-corrected chi connectivity index (χ2v) is 4.02. The lowest BCUT2D eigenvalue weighted by Gasteiger charge is -2.14. The van der Waals surface area contributed by atoms with Crippen LogP contribution in [0.1, 0.15) is 18.0 Å². The Morgan fingerprint density at radius 1 is 1.53 bits per heavy atom. The molecule has 1 atom stereocenters. The van der Waals surface area contributed by atoms with Gasteiger partial charge in [0.2, 0.25) is 0 Å². The van der Waals surface area contributed by atoms with Crippen LogP contribution in [-0.2, 0) is 0 Å². The number of hydrogen-bond donors (Lipinski definition) is 3. The molecule has 0 amide bonds. The van der Waals surface area contributed by atoms with E-state index < -0.39 is 0 Å². The molecule has 0 fully saturated rings. The van der Waals surface area contributed by atoms with Crippen LogP contribution < -0.4 is 10.5 Å². The number of aliphatic hydroxyl groups is 1. The van der Waals surface area contributed by atoms with Crippen LogP contribution in [0.15, 0.2) is 16.6 Å². The number of nitrogens with two attached hydrogens (primary N) is 1. The molecule has 1 aromatic carbocycles. The first-order valence-corrected chi connectivity index (χ1v) is 5.32. The summed E-state index contributed by atoms with van der Waals surface area (Å²) in [6.07, 6.45) is 0.449. The molecule has 0 aromatic heterocycles. The van der Waals surface area contributed by atoms with Crippen LogP contribution in [0, 0.1) is 0 Å². The number of aromatic hydroxyl groups is 1. The SMILES string of the molecule is COc1cc(Br)c(C(N)CCO)cc1O. The van der Waals surface area contributed by atoms with E-state index in [9.17, 15) is 5.11 Å². The predicted molar refractivity (Wildman–Crippen MR) is 61.0 cm³/mol. The Kier molecular flexibility index (Phi) is 4.38. The molecule has 1 unspecified atom stereocenters. The Hall–Kier alpha value is -0.780. The van der Waals surface area contributed by atoms with Crippen LogP contribution in [0.2, 0.25) is 0 Å². The Bertz CT molecular complexity index is 344. The smallest absolute Gasteiger partial charge is 0.161 e. The van der Waals surface area contributed by atoms with E-state index in [1.165, 1.54) is 7.11 Å². The van der Waals surface area contributed by atoms with Crippen molar-refractivity contribution >= 4 is 15.9 Å². The summed E-state index contributed by atoms with van der Waals surface area (Å²) in [5, 5.41) is 18.3. The Balaban J connectivity index is 3.04. The minimum Gasteiger partial charge on any atom is -0.504 e. The van der Waals surface area contributed by atoms with Gasteiger partial charge in [-0.1, -0.05) is 15.9 Å². The lowest BCUT2D eigenvalue weighted by Crippen LogP contribution is -2.12. The molecule has 1 rings (SSSR count). The van der Waals surface area contributed by atoms with Crippen molar-refractivity contribution in [2.75, 3.05) is 13.7 Å². The van der Waals surface area contributed by atoms with Crippen molar-refractivity contribution in [1.82, 2.24) is 0 Å². The van der Waals surface area contributed by atoms with E-state index in [1.807, 2.05) is 0 Å². The molecular formula is C10H14BrNO3. The number of benzene rings is 1. The number of methoxy groups -OCH3 is 1.